The second kappa shape index (κ2) is 9.02. The van der Waals surface area contributed by atoms with Crippen molar-refractivity contribution in [3.05, 3.63) is 61.3 Å². The third-order valence-electron chi connectivity index (χ3n) is 5.57. The second-order valence-corrected chi connectivity index (χ2v) is 7.42. The van der Waals surface area contributed by atoms with Crippen molar-refractivity contribution in [2.24, 2.45) is 4.99 Å². The molecule has 1 saturated heterocycles. The lowest BCUT2D eigenvalue weighted by Crippen LogP contribution is -2.49. The minimum absolute atomic E-state index is 0.0540. The average molecular weight is 416 g/mol. The van der Waals surface area contributed by atoms with Crippen LogP contribution in [0.2, 0.25) is 0 Å². The first-order valence-electron chi connectivity index (χ1n) is 9.85. The summed E-state index contributed by atoms with van der Waals surface area (Å²) >= 11 is 0. The molecule has 0 radical (unpaired) electrons. The molecule has 3 rings (SSSR count). The molecule has 0 bridgehead atoms. The molecule has 0 spiro atoms. The van der Waals surface area contributed by atoms with E-state index in [1.165, 1.54) is 25.3 Å². The van der Waals surface area contributed by atoms with E-state index in [4.69, 9.17) is 4.74 Å². The normalized spacial score (nSPS) is 22.2. The predicted octanol–water partition coefficient (Wildman–Crippen LogP) is 3.06. The molecule has 30 heavy (non-hydrogen) atoms. The van der Waals surface area contributed by atoms with Crippen molar-refractivity contribution >= 4 is 17.5 Å². The van der Waals surface area contributed by atoms with E-state index in [0.29, 0.717) is 30.2 Å². The maximum Gasteiger partial charge on any atom is 0.336 e. The Hall–Kier alpha value is -3.30. The number of rotatable bonds is 4. The van der Waals surface area contributed by atoms with E-state index in [9.17, 15) is 25.0 Å². The van der Waals surface area contributed by atoms with Gasteiger partial charge in [-0.15, -0.1) is 0 Å². The number of benzene rings is 1. The van der Waals surface area contributed by atoms with Crippen LogP contribution < -0.4 is 0 Å². The zero-order valence-corrected chi connectivity index (χ0v) is 16.9. The summed E-state index contributed by atoms with van der Waals surface area (Å²) in [4.78, 5) is 41.5. The molecule has 2 atom stereocenters. The molecule has 10 nitrogen and oxygen atoms in total. The zero-order valence-electron chi connectivity index (χ0n) is 16.9. The molecule has 2 unspecified atom stereocenters. The SMILES string of the molecule is COC(=O)C1=C(C)N=C(N2CCCCCC2)C([N+](=O)[O-])C1c1cccc([N+](=O)[O-])c1. The number of nitro benzene ring substituents is 1. The van der Waals surface area contributed by atoms with Crippen molar-refractivity contribution in [3.63, 3.8) is 0 Å². The maximum absolute atomic E-state index is 12.6. The molecular formula is C20H24N4O6. The molecule has 0 aromatic heterocycles. The molecule has 2 aliphatic rings. The molecule has 0 N–H and O–H groups in total. The highest BCUT2D eigenvalue weighted by Crippen LogP contribution is 2.39. The van der Waals surface area contributed by atoms with Gasteiger partial charge < -0.3 is 9.64 Å². The van der Waals surface area contributed by atoms with Gasteiger partial charge in [-0.2, -0.15) is 0 Å². The summed E-state index contributed by atoms with van der Waals surface area (Å²) in [6.45, 7) is 2.90. The Bertz CT molecular complexity index is 918. The predicted molar refractivity (Wildman–Crippen MR) is 109 cm³/mol. The highest BCUT2D eigenvalue weighted by Gasteiger charge is 2.48. The molecule has 1 fully saturated rings. The lowest BCUT2D eigenvalue weighted by Gasteiger charge is -2.33. The number of esters is 1. The van der Waals surface area contributed by atoms with E-state index >= 15 is 0 Å². The number of ether oxygens (including phenoxy) is 1. The topological polar surface area (TPSA) is 128 Å². The largest absolute Gasteiger partial charge is 0.466 e. The smallest absolute Gasteiger partial charge is 0.336 e. The van der Waals surface area contributed by atoms with Gasteiger partial charge in [0.15, 0.2) is 5.84 Å². The minimum atomic E-state index is -1.34. The van der Waals surface area contributed by atoms with E-state index < -0.39 is 27.8 Å². The molecule has 2 aliphatic heterocycles. The molecule has 160 valence electrons. The number of hydrogen-bond acceptors (Lipinski definition) is 8. The highest BCUT2D eigenvalue weighted by atomic mass is 16.6. The van der Waals surface area contributed by atoms with Crippen LogP contribution in [0.5, 0.6) is 0 Å². The first-order chi connectivity index (χ1) is 14.3. The summed E-state index contributed by atoms with van der Waals surface area (Å²) in [5.41, 5.74) is 0.497. The summed E-state index contributed by atoms with van der Waals surface area (Å²) < 4.78 is 4.88. The first kappa shape index (κ1) is 21.4. The van der Waals surface area contributed by atoms with Crippen LogP contribution >= 0.6 is 0 Å². The van der Waals surface area contributed by atoms with E-state index in [-0.39, 0.29) is 11.3 Å². The average Bonchev–Trinajstić information content (AvgIpc) is 3.01. The van der Waals surface area contributed by atoms with Crippen molar-refractivity contribution in [2.75, 3.05) is 20.2 Å². The maximum atomic E-state index is 12.6. The minimum Gasteiger partial charge on any atom is -0.466 e. The number of nitrogens with zero attached hydrogens (tertiary/aromatic N) is 4. The number of allylic oxidation sites excluding steroid dienone is 1. The number of hydrogen-bond donors (Lipinski definition) is 0. The molecule has 0 aliphatic carbocycles. The van der Waals surface area contributed by atoms with E-state index in [0.717, 1.165) is 25.7 Å². The summed E-state index contributed by atoms with van der Waals surface area (Å²) in [5.74, 6) is -1.47. The van der Waals surface area contributed by atoms with Gasteiger partial charge in [-0.25, -0.2) is 9.79 Å². The summed E-state index contributed by atoms with van der Waals surface area (Å²) in [6, 6.07) is 4.28. The number of nitro groups is 2. The first-order valence-corrected chi connectivity index (χ1v) is 9.85. The number of methoxy groups -OCH3 is 1. The van der Waals surface area contributed by atoms with Crippen LogP contribution in [0.4, 0.5) is 5.69 Å². The fourth-order valence-electron chi connectivity index (χ4n) is 4.17. The molecule has 1 aromatic rings. The Morgan fingerprint density at radius 2 is 1.83 bits per heavy atom. The zero-order chi connectivity index (χ0) is 21.8. The number of carbonyl (C=O) groups is 1. The van der Waals surface area contributed by atoms with E-state index in [2.05, 4.69) is 4.99 Å². The molecule has 10 heteroatoms. The number of aliphatic imine (C=N–C) groups is 1. The van der Waals surface area contributed by atoms with Crippen LogP contribution in [0.1, 0.15) is 44.1 Å². The van der Waals surface area contributed by atoms with Crippen LogP contribution in [0.3, 0.4) is 0 Å². The van der Waals surface area contributed by atoms with Crippen molar-refractivity contribution in [2.45, 2.75) is 44.6 Å². The van der Waals surface area contributed by atoms with E-state index in [1.807, 2.05) is 4.90 Å². The van der Waals surface area contributed by atoms with E-state index in [1.54, 1.807) is 13.0 Å². The van der Waals surface area contributed by atoms with Crippen molar-refractivity contribution in [1.29, 1.82) is 0 Å². The van der Waals surface area contributed by atoms with Crippen LogP contribution in [-0.2, 0) is 9.53 Å². The van der Waals surface area contributed by atoms with Gasteiger partial charge in [-0.05, 0) is 25.3 Å². The lowest BCUT2D eigenvalue weighted by atomic mass is 9.81. The van der Waals surface area contributed by atoms with Gasteiger partial charge in [0.05, 0.1) is 29.2 Å². The van der Waals surface area contributed by atoms with Gasteiger partial charge in [0.2, 0.25) is 0 Å². The van der Waals surface area contributed by atoms with Gasteiger partial charge in [-0.3, -0.25) is 20.2 Å². The Morgan fingerprint density at radius 3 is 2.40 bits per heavy atom. The Labute approximate surface area is 173 Å². The van der Waals surface area contributed by atoms with Gasteiger partial charge in [0, 0.05) is 30.1 Å². The summed E-state index contributed by atoms with van der Waals surface area (Å²) in [6.07, 6.45) is 3.89. The Balaban J connectivity index is 2.19. The van der Waals surface area contributed by atoms with Crippen molar-refractivity contribution in [1.82, 2.24) is 4.90 Å². The van der Waals surface area contributed by atoms with Crippen molar-refractivity contribution in [3.8, 4) is 0 Å². The van der Waals surface area contributed by atoms with Crippen LogP contribution in [-0.4, -0.2) is 52.8 Å². The molecule has 0 saturated carbocycles. The standard InChI is InChI=1S/C20H24N4O6/c1-13-16(20(25)30-2)17(14-8-7-9-15(12-14)23(26)27)18(24(28)29)19(21-13)22-10-5-3-4-6-11-22/h7-9,12,17-18H,3-6,10-11H2,1-2H3. The lowest BCUT2D eigenvalue weighted by molar-refractivity contribution is -0.507. The van der Waals surface area contributed by atoms with Gasteiger partial charge in [0.1, 0.15) is 0 Å². The Morgan fingerprint density at radius 1 is 1.17 bits per heavy atom. The number of carbonyl (C=O) groups excluding carboxylic acids is 1. The van der Waals surface area contributed by atoms with Gasteiger partial charge in [0.25, 0.3) is 11.7 Å². The summed E-state index contributed by atoms with van der Waals surface area (Å²) in [7, 11) is 1.20. The monoisotopic (exact) mass is 416 g/mol. The fourth-order valence-corrected chi connectivity index (χ4v) is 4.17. The Kier molecular flexibility index (Phi) is 6.43. The second-order valence-electron chi connectivity index (χ2n) is 7.42. The number of amidine groups is 1. The van der Waals surface area contributed by atoms with Crippen LogP contribution in [0, 0.1) is 20.2 Å². The third kappa shape index (κ3) is 4.17. The highest BCUT2D eigenvalue weighted by molar-refractivity contribution is 5.98. The van der Waals surface area contributed by atoms with Gasteiger partial charge in [-0.1, -0.05) is 25.0 Å². The van der Waals surface area contributed by atoms with Crippen LogP contribution in [0.25, 0.3) is 0 Å². The summed E-state index contributed by atoms with van der Waals surface area (Å²) in [5, 5.41) is 23.5. The van der Waals surface area contributed by atoms with Gasteiger partial charge >= 0.3 is 5.97 Å². The van der Waals surface area contributed by atoms with Crippen LogP contribution in [0.15, 0.2) is 40.5 Å². The molecule has 2 heterocycles. The fraction of sp³-hybridized carbons (Fsp3) is 0.500. The number of non-ortho nitro benzene ring substituents is 1. The third-order valence-corrected chi connectivity index (χ3v) is 5.57. The number of likely N-dealkylation sites (tertiary alicyclic amines) is 1. The quantitative estimate of drug-likeness (QED) is 0.419. The molecular weight excluding hydrogens is 392 g/mol. The molecule has 0 amide bonds. The van der Waals surface area contributed by atoms with Crippen molar-refractivity contribution < 1.29 is 19.4 Å². The molecule has 1 aromatic carbocycles.